The van der Waals surface area contributed by atoms with E-state index in [4.69, 9.17) is 4.74 Å². The van der Waals surface area contributed by atoms with Crippen molar-refractivity contribution in [2.24, 2.45) is 4.99 Å². The number of hydrogen-bond acceptors (Lipinski definition) is 5. The predicted molar refractivity (Wildman–Crippen MR) is 102 cm³/mol. The summed E-state index contributed by atoms with van der Waals surface area (Å²) < 4.78 is 7.42. The highest BCUT2D eigenvalue weighted by molar-refractivity contribution is 5.79. The molecule has 0 bridgehead atoms. The Balaban J connectivity index is 2.35. The summed E-state index contributed by atoms with van der Waals surface area (Å²) in [4.78, 5) is 18.0. The van der Waals surface area contributed by atoms with E-state index < -0.39 is 5.60 Å². The summed E-state index contributed by atoms with van der Waals surface area (Å²) in [5.41, 5.74) is -0.491. The largest absolute Gasteiger partial charge is 0.444 e. The van der Waals surface area contributed by atoms with Gasteiger partial charge in [-0.15, -0.1) is 10.2 Å². The maximum absolute atomic E-state index is 12.1. The number of rotatable bonds is 8. The summed E-state index contributed by atoms with van der Waals surface area (Å²) in [6, 6.07) is 0. The molecule has 0 aliphatic carbocycles. The van der Waals surface area contributed by atoms with Gasteiger partial charge in [-0.3, -0.25) is 4.99 Å². The lowest BCUT2D eigenvalue weighted by molar-refractivity contribution is 0.0264. The number of amides is 1. The third-order valence-corrected chi connectivity index (χ3v) is 3.59. The first-order valence-corrected chi connectivity index (χ1v) is 9.09. The minimum atomic E-state index is -0.491. The van der Waals surface area contributed by atoms with Crippen LogP contribution in [-0.4, -0.2) is 70.5 Å². The molecule has 0 atom stereocenters. The molecule has 1 aromatic heterocycles. The number of nitrogens with one attached hydrogen (secondary N) is 2. The summed E-state index contributed by atoms with van der Waals surface area (Å²) in [6.07, 6.45) is 2.28. The zero-order valence-electron chi connectivity index (χ0n) is 16.9. The van der Waals surface area contributed by atoms with Gasteiger partial charge in [-0.1, -0.05) is 6.92 Å². The number of aryl methyl sites for hydroxylation is 1. The predicted octanol–water partition coefficient (Wildman–Crippen LogP) is 1.26. The van der Waals surface area contributed by atoms with E-state index in [0.717, 1.165) is 18.8 Å². The first kappa shape index (κ1) is 21.7. The lowest BCUT2D eigenvalue weighted by Crippen LogP contribution is -2.44. The van der Waals surface area contributed by atoms with Crippen molar-refractivity contribution in [2.75, 3.05) is 33.2 Å². The van der Waals surface area contributed by atoms with E-state index in [1.54, 1.807) is 18.3 Å². The van der Waals surface area contributed by atoms with Crippen molar-refractivity contribution in [3.8, 4) is 0 Å². The molecule has 0 spiro atoms. The fourth-order valence-electron chi connectivity index (χ4n) is 2.27. The molecule has 0 saturated heterocycles. The summed E-state index contributed by atoms with van der Waals surface area (Å²) in [6.45, 7) is 12.8. The molecule has 2 N–H and O–H groups in total. The molecule has 26 heavy (non-hydrogen) atoms. The quantitative estimate of drug-likeness (QED) is 0.530. The van der Waals surface area contributed by atoms with Crippen molar-refractivity contribution in [1.82, 2.24) is 30.3 Å². The number of nitrogens with zero attached hydrogens (tertiary/aromatic N) is 5. The summed E-state index contributed by atoms with van der Waals surface area (Å²) in [5, 5.41) is 14.4. The van der Waals surface area contributed by atoms with Crippen molar-refractivity contribution < 1.29 is 9.53 Å². The minimum Gasteiger partial charge on any atom is -0.444 e. The highest BCUT2D eigenvalue weighted by atomic mass is 16.6. The second kappa shape index (κ2) is 10.6. The lowest BCUT2D eigenvalue weighted by Gasteiger charge is -2.26. The average molecular weight is 367 g/mol. The third-order valence-electron chi connectivity index (χ3n) is 3.59. The number of carbonyl (C=O) groups is 1. The van der Waals surface area contributed by atoms with E-state index in [9.17, 15) is 4.79 Å². The van der Waals surface area contributed by atoms with Crippen molar-refractivity contribution in [1.29, 1.82) is 0 Å². The molecule has 1 rings (SSSR count). The molecule has 0 aliphatic rings. The molecular weight excluding hydrogens is 334 g/mol. The number of guanidine groups is 1. The molecule has 0 aliphatic heterocycles. The second-order valence-corrected chi connectivity index (χ2v) is 6.78. The van der Waals surface area contributed by atoms with Crippen molar-refractivity contribution in [3.05, 3.63) is 12.2 Å². The van der Waals surface area contributed by atoms with Gasteiger partial charge in [-0.05, 0) is 27.7 Å². The van der Waals surface area contributed by atoms with E-state index in [2.05, 4.69) is 32.7 Å². The fourth-order valence-corrected chi connectivity index (χ4v) is 2.27. The Hall–Kier alpha value is -2.32. The van der Waals surface area contributed by atoms with Gasteiger partial charge in [0, 0.05) is 46.2 Å². The van der Waals surface area contributed by atoms with Gasteiger partial charge in [0.05, 0.1) is 0 Å². The van der Waals surface area contributed by atoms with Crippen molar-refractivity contribution in [2.45, 2.75) is 53.2 Å². The van der Waals surface area contributed by atoms with Crippen LogP contribution in [0, 0.1) is 0 Å². The zero-order chi connectivity index (χ0) is 19.6. The Morgan fingerprint density at radius 3 is 2.58 bits per heavy atom. The van der Waals surface area contributed by atoms with Gasteiger partial charge < -0.3 is 24.8 Å². The standard InChI is InChI=1S/C17H33N7O2/c1-7-14-22-21-13-24(14)12-10-20-15(18-6)19-9-11-23(8-2)16(25)26-17(3,4)5/h13H,7-12H2,1-6H3,(H2,18,19,20). The first-order valence-electron chi connectivity index (χ1n) is 9.09. The van der Waals surface area contributed by atoms with Gasteiger partial charge in [0.25, 0.3) is 0 Å². The van der Waals surface area contributed by atoms with Crippen molar-refractivity contribution >= 4 is 12.1 Å². The van der Waals surface area contributed by atoms with Crippen LogP contribution in [0.2, 0.25) is 0 Å². The molecule has 0 saturated carbocycles. The van der Waals surface area contributed by atoms with Gasteiger partial charge in [-0.2, -0.15) is 0 Å². The van der Waals surface area contributed by atoms with E-state index >= 15 is 0 Å². The molecule has 9 nitrogen and oxygen atoms in total. The smallest absolute Gasteiger partial charge is 0.410 e. The highest BCUT2D eigenvalue weighted by Gasteiger charge is 2.20. The summed E-state index contributed by atoms with van der Waals surface area (Å²) in [7, 11) is 1.72. The van der Waals surface area contributed by atoms with Crippen LogP contribution >= 0.6 is 0 Å². The monoisotopic (exact) mass is 367 g/mol. The van der Waals surface area contributed by atoms with E-state index in [0.29, 0.717) is 32.1 Å². The molecule has 148 valence electrons. The van der Waals surface area contributed by atoms with Crippen LogP contribution in [-0.2, 0) is 17.7 Å². The number of ether oxygens (including phenoxy) is 1. The number of likely N-dealkylation sites (N-methyl/N-ethyl adjacent to an activating group) is 1. The minimum absolute atomic E-state index is 0.301. The molecule has 0 unspecified atom stereocenters. The van der Waals surface area contributed by atoms with Crippen LogP contribution in [0.15, 0.2) is 11.3 Å². The first-order chi connectivity index (χ1) is 12.3. The Bertz CT molecular complexity index is 578. The molecule has 0 fully saturated rings. The van der Waals surface area contributed by atoms with Crippen LogP contribution in [0.3, 0.4) is 0 Å². The number of carbonyl (C=O) groups excluding carboxylic acids is 1. The molecule has 0 aromatic carbocycles. The average Bonchev–Trinajstić information content (AvgIpc) is 3.02. The number of hydrogen-bond donors (Lipinski definition) is 2. The SMILES string of the molecule is CCc1nncn1CCNC(=NC)NCCN(CC)C(=O)OC(C)(C)C. The molecule has 0 radical (unpaired) electrons. The zero-order valence-corrected chi connectivity index (χ0v) is 16.9. The second-order valence-electron chi connectivity index (χ2n) is 6.78. The normalized spacial score (nSPS) is 12.0. The molecule has 1 amide bonds. The van der Waals surface area contributed by atoms with E-state index in [-0.39, 0.29) is 6.09 Å². The van der Waals surface area contributed by atoms with Crippen LogP contribution in [0.5, 0.6) is 0 Å². The van der Waals surface area contributed by atoms with Gasteiger partial charge in [-0.25, -0.2) is 4.79 Å². The van der Waals surface area contributed by atoms with Gasteiger partial charge in [0.2, 0.25) is 0 Å². The molecule has 1 heterocycles. The Morgan fingerprint density at radius 1 is 1.31 bits per heavy atom. The molecular formula is C17H33N7O2. The fraction of sp³-hybridized carbons (Fsp3) is 0.765. The van der Waals surface area contributed by atoms with Crippen LogP contribution in [0.1, 0.15) is 40.4 Å². The lowest BCUT2D eigenvalue weighted by atomic mass is 10.2. The van der Waals surface area contributed by atoms with Gasteiger partial charge >= 0.3 is 6.09 Å². The van der Waals surface area contributed by atoms with Crippen LogP contribution < -0.4 is 10.6 Å². The van der Waals surface area contributed by atoms with E-state index in [1.807, 2.05) is 32.3 Å². The maximum Gasteiger partial charge on any atom is 0.410 e. The highest BCUT2D eigenvalue weighted by Crippen LogP contribution is 2.09. The molecule has 9 heteroatoms. The van der Waals surface area contributed by atoms with Crippen molar-refractivity contribution in [3.63, 3.8) is 0 Å². The maximum atomic E-state index is 12.1. The topological polar surface area (TPSA) is 96.7 Å². The summed E-state index contributed by atoms with van der Waals surface area (Å²) in [5.74, 6) is 1.65. The Kier molecular flexibility index (Phi) is 8.87. The Morgan fingerprint density at radius 2 is 2.00 bits per heavy atom. The van der Waals surface area contributed by atoms with Crippen LogP contribution in [0.4, 0.5) is 4.79 Å². The van der Waals surface area contributed by atoms with Gasteiger partial charge in [0.1, 0.15) is 17.8 Å². The number of aliphatic imine (C=N–C) groups is 1. The molecule has 1 aromatic rings. The summed E-state index contributed by atoms with van der Waals surface area (Å²) >= 11 is 0. The van der Waals surface area contributed by atoms with E-state index in [1.165, 1.54) is 0 Å². The Labute approximate surface area is 156 Å². The third kappa shape index (κ3) is 7.71. The van der Waals surface area contributed by atoms with Crippen LogP contribution in [0.25, 0.3) is 0 Å². The number of aromatic nitrogens is 3. The van der Waals surface area contributed by atoms with Gasteiger partial charge in [0.15, 0.2) is 5.96 Å².